The highest BCUT2D eigenvalue weighted by Gasteiger charge is 2.14. The molecule has 0 bridgehead atoms. The van der Waals surface area contributed by atoms with Crippen molar-refractivity contribution in [2.24, 2.45) is 0 Å². The van der Waals surface area contributed by atoms with E-state index in [1.54, 1.807) is 36.4 Å². The van der Waals surface area contributed by atoms with Crippen molar-refractivity contribution in [3.63, 3.8) is 0 Å². The summed E-state index contributed by atoms with van der Waals surface area (Å²) in [5, 5.41) is 24.1. The molecule has 28 heavy (non-hydrogen) atoms. The molecular formula is C19H13N5O3S. The van der Waals surface area contributed by atoms with Crippen LogP contribution in [0.4, 0.5) is 5.69 Å². The molecule has 4 rings (SSSR count). The van der Waals surface area contributed by atoms with Gasteiger partial charge in [-0.2, -0.15) is 9.61 Å². The van der Waals surface area contributed by atoms with Crippen LogP contribution in [0.15, 0.2) is 71.9 Å². The number of carbonyl (C=O) groups excluding carboxylic acids is 1. The molecule has 0 unspecified atom stereocenters. The second-order valence-corrected chi connectivity index (χ2v) is 6.80. The highest BCUT2D eigenvalue weighted by Crippen LogP contribution is 2.24. The van der Waals surface area contributed by atoms with E-state index in [2.05, 4.69) is 15.3 Å². The Morgan fingerprint density at radius 2 is 1.86 bits per heavy atom. The van der Waals surface area contributed by atoms with Gasteiger partial charge in [-0.15, -0.1) is 10.2 Å². The van der Waals surface area contributed by atoms with E-state index in [9.17, 15) is 14.9 Å². The predicted octanol–water partition coefficient (Wildman–Crippen LogP) is 3.67. The van der Waals surface area contributed by atoms with E-state index < -0.39 is 4.92 Å². The number of fused-ring (bicyclic) bond motifs is 1. The van der Waals surface area contributed by atoms with Gasteiger partial charge in [0.25, 0.3) is 5.69 Å². The standard InChI is InChI=1S/C19H13N5O3S/c25-17(13-5-2-1-3-6-13)12-28-19-21-20-18-10-9-16(22-23(18)19)14-7-4-8-15(11-14)24(26)27/h1-11H,12H2. The van der Waals surface area contributed by atoms with Crippen LogP contribution in [0.3, 0.4) is 0 Å². The summed E-state index contributed by atoms with van der Waals surface area (Å²) in [4.78, 5) is 22.9. The van der Waals surface area contributed by atoms with E-state index in [1.165, 1.54) is 28.4 Å². The maximum atomic E-state index is 12.3. The van der Waals surface area contributed by atoms with Crippen molar-refractivity contribution in [2.45, 2.75) is 5.16 Å². The molecule has 4 aromatic rings. The van der Waals surface area contributed by atoms with Gasteiger partial charge in [0.1, 0.15) is 0 Å². The van der Waals surface area contributed by atoms with Crippen molar-refractivity contribution >= 4 is 28.9 Å². The molecule has 0 saturated heterocycles. The molecule has 0 amide bonds. The summed E-state index contributed by atoms with van der Waals surface area (Å²) in [5.74, 6) is 0.185. The third-order valence-corrected chi connectivity index (χ3v) is 4.93. The summed E-state index contributed by atoms with van der Waals surface area (Å²) in [6.07, 6.45) is 0. The zero-order valence-electron chi connectivity index (χ0n) is 14.4. The lowest BCUT2D eigenvalue weighted by Crippen LogP contribution is -2.03. The van der Waals surface area contributed by atoms with Gasteiger partial charge in [-0.3, -0.25) is 14.9 Å². The number of thioether (sulfide) groups is 1. The first-order chi connectivity index (χ1) is 13.6. The number of nitrogens with zero attached hydrogens (tertiary/aromatic N) is 5. The Bertz CT molecular complexity index is 1180. The van der Waals surface area contributed by atoms with Gasteiger partial charge in [0.15, 0.2) is 11.4 Å². The van der Waals surface area contributed by atoms with Crippen LogP contribution in [0.5, 0.6) is 0 Å². The van der Waals surface area contributed by atoms with Gasteiger partial charge >= 0.3 is 0 Å². The Morgan fingerprint density at radius 1 is 1.04 bits per heavy atom. The fourth-order valence-electron chi connectivity index (χ4n) is 2.63. The van der Waals surface area contributed by atoms with Crippen molar-refractivity contribution in [1.82, 2.24) is 19.8 Å². The molecule has 2 heterocycles. The van der Waals surface area contributed by atoms with E-state index in [4.69, 9.17) is 0 Å². The maximum absolute atomic E-state index is 12.3. The minimum atomic E-state index is -0.447. The van der Waals surface area contributed by atoms with Crippen LogP contribution in [0.25, 0.3) is 16.9 Å². The van der Waals surface area contributed by atoms with Crippen LogP contribution in [0, 0.1) is 10.1 Å². The summed E-state index contributed by atoms with van der Waals surface area (Å²) >= 11 is 1.24. The van der Waals surface area contributed by atoms with Gasteiger partial charge in [0.05, 0.1) is 16.4 Å². The number of carbonyl (C=O) groups is 1. The molecule has 0 aliphatic rings. The normalized spacial score (nSPS) is 10.9. The molecule has 0 aliphatic heterocycles. The van der Waals surface area contributed by atoms with Crippen LogP contribution in [-0.2, 0) is 0 Å². The quantitative estimate of drug-likeness (QED) is 0.214. The number of nitro benzene ring substituents is 1. The van der Waals surface area contributed by atoms with Gasteiger partial charge in [0.2, 0.25) is 5.16 Å². The largest absolute Gasteiger partial charge is 0.293 e. The highest BCUT2D eigenvalue weighted by atomic mass is 32.2. The summed E-state index contributed by atoms with van der Waals surface area (Å²) in [6.45, 7) is 0. The lowest BCUT2D eigenvalue weighted by molar-refractivity contribution is -0.384. The Hall–Kier alpha value is -3.59. The second kappa shape index (κ2) is 7.57. The fraction of sp³-hybridized carbons (Fsp3) is 0.0526. The molecule has 138 valence electrons. The van der Waals surface area contributed by atoms with Gasteiger partial charge in [-0.05, 0) is 12.1 Å². The number of hydrogen-bond donors (Lipinski definition) is 0. The molecule has 0 radical (unpaired) electrons. The molecule has 2 aromatic heterocycles. The third kappa shape index (κ3) is 3.60. The smallest absolute Gasteiger partial charge is 0.270 e. The Labute approximate surface area is 163 Å². The van der Waals surface area contributed by atoms with Crippen molar-refractivity contribution < 1.29 is 9.72 Å². The van der Waals surface area contributed by atoms with E-state index in [0.29, 0.717) is 27.6 Å². The number of rotatable bonds is 6. The molecule has 9 heteroatoms. The molecule has 0 saturated carbocycles. The Kier molecular flexibility index (Phi) is 4.81. The average molecular weight is 391 g/mol. The van der Waals surface area contributed by atoms with Crippen LogP contribution >= 0.6 is 11.8 Å². The number of aromatic nitrogens is 4. The van der Waals surface area contributed by atoms with E-state index in [-0.39, 0.29) is 17.2 Å². The number of hydrogen-bond acceptors (Lipinski definition) is 7. The number of benzene rings is 2. The third-order valence-electron chi connectivity index (χ3n) is 4.02. The first-order valence-electron chi connectivity index (χ1n) is 8.30. The molecule has 2 aromatic carbocycles. The minimum absolute atomic E-state index is 0.00814. The second-order valence-electron chi connectivity index (χ2n) is 5.86. The van der Waals surface area contributed by atoms with Crippen LogP contribution < -0.4 is 0 Å². The van der Waals surface area contributed by atoms with Gasteiger partial charge < -0.3 is 0 Å². The van der Waals surface area contributed by atoms with Crippen molar-refractivity contribution in [2.75, 3.05) is 5.75 Å². The minimum Gasteiger partial charge on any atom is -0.293 e. The average Bonchev–Trinajstić information content (AvgIpc) is 3.15. The Balaban J connectivity index is 1.61. The molecule has 0 N–H and O–H groups in total. The number of nitro groups is 1. The van der Waals surface area contributed by atoms with Crippen molar-refractivity contribution in [1.29, 1.82) is 0 Å². The zero-order chi connectivity index (χ0) is 19.5. The first-order valence-corrected chi connectivity index (χ1v) is 9.29. The predicted molar refractivity (Wildman–Crippen MR) is 104 cm³/mol. The van der Waals surface area contributed by atoms with Crippen LogP contribution in [0.2, 0.25) is 0 Å². The maximum Gasteiger partial charge on any atom is 0.270 e. The fourth-order valence-corrected chi connectivity index (χ4v) is 3.41. The summed E-state index contributed by atoms with van der Waals surface area (Å²) in [5.41, 5.74) is 2.32. The monoisotopic (exact) mass is 391 g/mol. The van der Waals surface area contributed by atoms with Crippen molar-refractivity contribution in [3.05, 3.63) is 82.4 Å². The molecule has 0 fully saturated rings. The van der Waals surface area contributed by atoms with Crippen LogP contribution in [-0.4, -0.2) is 36.3 Å². The Morgan fingerprint density at radius 3 is 2.64 bits per heavy atom. The van der Waals surface area contributed by atoms with Crippen LogP contribution in [0.1, 0.15) is 10.4 Å². The van der Waals surface area contributed by atoms with Gasteiger partial charge in [-0.1, -0.05) is 54.2 Å². The lowest BCUT2D eigenvalue weighted by Gasteiger charge is -2.03. The lowest BCUT2D eigenvalue weighted by atomic mass is 10.1. The zero-order valence-corrected chi connectivity index (χ0v) is 15.2. The van der Waals surface area contributed by atoms with Crippen molar-refractivity contribution in [3.8, 4) is 11.3 Å². The number of ketones is 1. The topological polar surface area (TPSA) is 103 Å². The number of non-ortho nitro benzene ring substituents is 1. The van der Waals surface area contributed by atoms with E-state index in [1.807, 2.05) is 18.2 Å². The summed E-state index contributed by atoms with van der Waals surface area (Å²) in [7, 11) is 0. The first kappa shape index (κ1) is 17.8. The molecule has 8 nitrogen and oxygen atoms in total. The number of Topliss-reactive ketones (excluding diaryl/α,β-unsaturated/α-hetero) is 1. The summed E-state index contributed by atoms with van der Waals surface area (Å²) < 4.78 is 1.54. The molecular weight excluding hydrogens is 378 g/mol. The molecule has 0 spiro atoms. The van der Waals surface area contributed by atoms with E-state index >= 15 is 0 Å². The van der Waals surface area contributed by atoms with Gasteiger partial charge in [0, 0.05) is 23.3 Å². The van der Waals surface area contributed by atoms with Gasteiger partial charge in [-0.25, -0.2) is 0 Å². The van der Waals surface area contributed by atoms with E-state index in [0.717, 1.165) is 0 Å². The molecule has 0 atom stereocenters. The summed E-state index contributed by atoms with van der Waals surface area (Å²) in [6, 6.07) is 18.7. The molecule has 0 aliphatic carbocycles. The highest BCUT2D eigenvalue weighted by molar-refractivity contribution is 7.99. The SMILES string of the molecule is O=C(CSc1nnc2ccc(-c3cccc([N+](=O)[O-])c3)nn12)c1ccccc1.